The summed E-state index contributed by atoms with van der Waals surface area (Å²) in [5.41, 5.74) is 6.83. The van der Waals surface area contributed by atoms with Crippen LogP contribution in [0.5, 0.6) is 0 Å². The zero-order valence-electron chi connectivity index (χ0n) is 9.29. The van der Waals surface area contributed by atoms with Gasteiger partial charge in [0, 0.05) is 19.2 Å². The maximum absolute atomic E-state index is 4.97. The molecule has 1 aromatic carbocycles. The van der Waals surface area contributed by atoms with Crippen LogP contribution in [0, 0.1) is 0 Å². The molecule has 0 amide bonds. The zero-order chi connectivity index (χ0) is 11.4. The Labute approximate surface area is 101 Å². The van der Waals surface area contributed by atoms with E-state index in [0.29, 0.717) is 5.11 Å². The molecular weight excluding hydrogens is 218 g/mol. The van der Waals surface area contributed by atoms with E-state index in [2.05, 4.69) is 40.1 Å². The fraction of sp³-hybridized carbons (Fsp3) is 0.333. The molecule has 3 nitrogen and oxygen atoms in total. The van der Waals surface area contributed by atoms with Crippen molar-refractivity contribution in [2.24, 2.45) is 5.10 Å². The Bertz CT molecular complexity index is 426. The Hall–Kier alpha value is -1.42. The average Bonchev–Trinajstić information content (AvgIpc) is 2.35. The highest BCUT2D eigenvalue weighted by atomic mass is 32.1. The lowest BCUT2D eigenvalue weighted by Crippen LogP contribution is -2.30. The number of nitrogens with one attached hydrogen (secondary N) is 2. The van der Waals surface area contributed by atoms with Crippen LogP contribution >= 0.6 is 12.2 Å². The average molecular weight is 233 g/mol. The van der Waals surface area contributed by atoms with Gasteiger partial charge in [-0.25, -0.2) is 0 Å². The number of rotatable bonds is 1. The lowest BCUT2D eigenvalue weighted by atomic mass is 9.90. The molecule has 0 radical (unpaired) electrons. The minimum absolute atomic E-state index is 0.561. The van der Waals surface area contributed by atoms with Crippen LogP contribution in [-0.2, 0) is 12.8 Å². The molecule has 1 aliphatic rings. The fourth-order valence-corrected chi connectivity index (χ4v) is 1.89. The lowest BCUT2D eigenvalue weighted by molar-refractivity contribution is 0.897. The van der Waals surface area contributed by atoms with Gasteiger partial charge >= 0.3 is 0 Å². The molecule has 0 heterocycles. The van der Waals surface area contributed by atoms with E-state index in [1.165, 1.54) is 11.1 Å². The second kappa shape index (κ2) is 5.07. The van der Waals surface area contributed by atoms with E-state index in [-0.39, 0.29) is 0 Å². The molecule has 84 valence electrons. The van der Waals surface area contributed by atoms with Gasteiger partial charge in [-0.05, 0) is 36.2 Å². The van der Waals surface area contributed by atoms with Crippen LogP contribution in [0.25, 0.3) is 0 Å². The molecule has 0 saturated heterocycles. The molecule has 4 heteroatoms. The molecule has 0 aromatic heterocycles. The number of nitrogens with zero attached hydrogens (tertiary/aromatic N) is 1. The molecule has 16 heavy (non-hydrogen) atoms. The molecule has 0 spiro atoms. The van der Waals surface area contributed by atoms with Gasteiger partial charge in [0.25, 0.3) is 0 Å². The Morgan fingerprint density at radius 2 is 2.00 bits per heavy atom. The van der Waals surface area contributed by atoms with Crippen molar-refractivity contribution >= 4 is 23.0 Å². The van der Waals surface area contributed by atoms with Crippen molar-refractivity contribution in [3.05, 3.63) is 35.4 Å². The third-order valence-electron chi connectivity index (χ3n) is 2.74. The van der Waals surface area contributed by atoms with Crippen molar-refractivity contribution in [1.29, 1.82) is 0 Å². The van der Waals surface area contributed by atoms with Crippen molar-refractivity contribution in [3.8, 4) is 0 Å². The summed E-state index contributed by atoms with van der Waals surface area (Å²) in [7, 11) is 1.78. The van der Waals surface area contributed by atoms with Crippen LogP contribution in [0.3, 0.4) is 0 Å². The van der Waals surface area contributed by atoms with Crippen LogP contribution in [0.4, 0.5) is 0 Å². The van der Waals surface area contributed by atoms with Gasteiger partial charge in [-0.2, -0.15) is 5.10 Å². The molecule has 1 aromatic rings. The van der Waals surface area contributed by atoms with Crippen molar-refractivity contribution in [3.63, 3.8) is 0 Å². The molecule has 0 saturated carbocycles. The number of benzene rings is 1. The van der Waals surface area contributed by atoms with Gasteiger partial charge in [0.1, 0.15) is 0 Å². The van der Waals surface area contributed by atoms with Gasteiger partial charge in [0.15, 0.2) is 5.11 Å². The van der Waals surface area contributed by atoms with Gasteiger partial charge in [-0.15, -0.1) is 0 Å². The molecule has 0 fully saturated rings. The summed E-state index contributed by atoms with van der Waals surface area (Å²) in [4.78, 5) is 0. The van der Waals surface area contributed by atoms with Gasteiger partial charge < -0.3 is 5.32 Å². The monoisotopic (exact) mass is 233 g/mol. The summed E-state index contributed by atoms with van der Waals surface area (Å²) in [6, 6.07) is 8.53. The number of hydrazone groups is 1. The van der Waals surface area contributed by atoms with Crippen LogP contribution in [0.1, 0.15) is 17.5 Å². The highest BCUT2D eigenvalue weighted by Gasteiger charge is 2.13. The van der Waals surface area contributed by atoms with E-state index in [1.54, 1.807) is 7.05 Å². The maximum atomic E-state index is 4.97. The first-order valence-corrected chi connectivity index (χ1v) is 5.80. The predicted molar refractivity (Wildman–Crippen MR) is 70.7 cm³/mol. The molecule has 0 bridgehead atoms. The van der Waals surface area contributed by atoms with E-state index < -0.39 is 0 Å². The van der Waals surface area contributed by atoms with E-state index in [4.69, 9.17) is 12.2 Å². The zero-order valence-corrected chi connectivity index (χ0v) is 10.1. The maximum Gasteiger partial charge on any atom is 0.186 e. The number of fused-ring (bicyclic) bond motifs is 1. The van der Waals surface area contributed by atoms with Crippen LogP contribution in [0.15, 0.2) is 29.4 Å². The number of hydrogen-bond acceptors (Lipinski definition) is 2. The fourth-order valence-electron chi connectivity index (χ4n) is 1.84. The third-order valence-corrected chi connectivity index (χ3v) is 3.03. The van der Waals surface area contributed by atoms with Gasteiger partial charge in [-0.1, -0.05) is 24.3 Å². The van der Waals surface area contributed by atoms with Gasteiger partial charge in [0.05, 0.1) is 0 Å². The minimum Gasteiger partial charge on any atom is -0.364 e. The molecular formula is C12H15N3S. The normalized spacial score (nSPS) is 16.7. The predicted octanol–water partition coefficient (Wildman–Crippen LogP) is 1.63. The first-order chi connectivity index (χ1) is 7.79. The molecule has 1 aliphatic carbocycles. The quantitative estimate of drug-likeness (QED) is 0.572. The van der Waals surface area contributed by atoms with Crippen LogP contribution in [0.2, 0.25) is 0 Å². The van der Waals surface area contributed by atoms with Gasteiger partial charge in [0.2, 0.25) is 0 Å². The van der Waals surface area contributed by atoms with E-state index in [1.807, 2.05) is 0 Å². The first kappa shape index (κ1) is 11.1. The Balaban J connectivity index is 2.05. The number of hydrogen-bond donors (Lipinski definition) is 2. The summed E-state index contributed by atoms with van der Waals surface area (Å²) in [6.07, 6.45) is 3.01. The van der Waals surface area contributed by atoms with Crippen molar-refractivity contribution in [2.75, 3.05) is 7.05 Å². The van der Waals surface area contributed by atoms with E-state index in [0.717, 1.165) is 25.0 Å². The van der Waals surface area contributed by atoms with E-state index in [9.17, 15) is 0 Å². The van der Waals surface area contributed by atoms with Crippen molar-refractivity contribution in [2.45, 2.75) is 19.3 Å². The van der Waals surface area contributed by atoms with Crippen molar-refractivity contribution < 1.29 is 0 Å². The number of aryl methyl sites for hydroxylation is 1. The SMILES string of the molecule is CNC(=S)N/N=C1/CCc2ccccc2C1. The summed E-state index contributed by atoms with van der Waals surface area (Å²) in [5, 5.41) is 7.71. The van der Waals surface area contributed by atoms with E-state index >= 15 is 0 Å². The third kappa shape index (κ3) is 2.58. The topological polar surface area (TPSA) is 36.4 Å². The standard InChI is InChI=1S/C12H15N3S/c1-13-12(16)15-14-11-7-6-9-4-2-3-5-10(9)8-11/h2-5H,6-8H2,1H3,(H2,13,15,16)/b14-11-. The van der Waals surface area contributed by atoms with Crippen molar-refractivity contribution in [1.82, 2.24) is 10.7 Å². The highest BCUT2D eigenvalue weighted by Crippen LogP contribution is 2.18. The molecule has 2 rings (SSSR count). The Morgan fingerprint density at radius 3 is 2.75 bits per heavy atom. The summed E-state index contributed by atoms with van der Waals surface area (Å²) < 4.78 is 0. The molecule has 2 N–H and O–H groups in total. The summed E-state index contributed by atoms with van der Waals surface area (Å²) >= 11 is 4.97. The summed E-state index contributed by atoms with van der Waals surface area (Å²) in [5.74, 6) is 0. The first-order valence-electron chi connectivity index (χ1n) is 5.39. The van der Waals surface area contributed by atoms with Gasteiger partial charge in [-0.3, -0.25) is 5.43 Å². The minimum atomic E-state index is 0.561. The van der Waals surface area contributed by atoms with Crippen LogP contribution in [-0.4, -0.2) is 17.9 Å². The second-order valence-corrected chi connectivity index (χ2v) is 4.22. The molecule has 0 atom stereocenters. The smallest absolute Gasteiger partial charge is 0.186 e. The lowest BCUT2D eigenvalue weighted by Gasteiger charge is -2.17. The Morgan fingerprint density at radius 1 is 1.25 bits per heavy atom. The molecule has 0 aliphatic heterocycles. The number of thiocarbonyl (C=S) groups is 1. The van der Waals surface area contributed by atoms with Crippen LogP contribution < -0.4 is 10.7 Å². The largest absolute Gasteiger partial charge is 0.364 e. The highest BCUT2D eigenvalue weighted by molar-refractivity contribution is 7.80. The summed E-state index contributed by atoms with van der Waals surface area (Å²) in [6.45, 7) is 0. The molecule has 0 unspecified atom stereocenters. The Kier molecular flexibility index (Phi) is 3.51. The second-order valence-electron chi connectivity index (χ2n) is 3.81.